The Labute approximate surface area is 184 Å². The largest absolute Gasteiger partial charge is 0.490 e. The van der Waals surface area contributed by atoms with E-state index in [1.165, 1.54) is 30.3 Å². The van der Waals surface area contributed by atoms with Crippen molar-refractivity contribution in [1.82, 2.24) is 0 Å². The molecule has 2 aromatic rings. The molecule has 10 nitrogen and oxygen atoms in total. The highest BCUT2D eigenvalue weighted by Gasteiger charge is 2.14. The quantitative estimate of drug-likeness (QED) is 0.195. The van der Waals surface area contributed by atoms with Crippen molar-refractivity contribution in [2.75, 3.05) is 25.1 Å². The normalized spacial score (nSPS) is 10.6. The van der Waals surface area contributed by atoms with Crippen molar-refractivity contribution in [2.45, 2.75) is 13.8 Å². The zero-order chi connectivity index (χ0) is 23.5. The molecule has 0 heterocycles. The van der Waals surface area contributed by atoms with Gasteiger partial charge in [-0.1, -0.05) is 12.1 Å². The zero-order valence-corrected chi connectivity index (χ0v) is 17.5. The molecule has 0 atom stereocenters. The topological polar surface area (TPSA) is 141 Å². The van der Waals surface area contributed by atoms with E-state index in [2.05, 4.69) is 5.32 Å². The van der Waals surface area contributed by atoms with Crippen LogP contribution in [0.5, 0.6) is 11.5 Å². The summed E-state index contributed by atoms with van der Waals surface area (Å²) in [6.45, 7) is 3.72. The van der Waals surface area contributed by atoms with E-state index in [0.29, 0.717) is 23.7 Å². The Morgan fingerprint density at radius 3 is 2.56 bits per heavy atom. The van der Waals surface area contributed by atoms with E-state index in [-0.39, 0.29) is 30.2 Å². The van der Waals surface area contributed by atoms with E-state index in [1.54, 1.807) is 32.0 Å². The molecular weight excluding hydrogens is 418 g/mol. The summed E-state index contributed by atoms with van der Waals surface area (Å²) in [5.41, 5.74) is 0.245. The van der Waals surface area contributed by atoms with Crippen molar-refractivity contribution in [1.29, 1.82) is 5.26 Å². The highest BCUT2D eigenvalue weighted by atomic mass is 16.6. The summed E-state index contributed by atoms with van der Waals surface area (Å²) >= 11 is 0. The Morgan fingerprint density at radius 1 is 1.12 bits per heavy atom. The predicted octanol–water partition coefficient (Wildman–Crippen LogP) is 3.48. The molecule has 0 radical (unpaired) electrons. The number of carbonyl (C=O) groups is 2. The molecule has 166 valence electrons. The number of rotatable bonds is 10. The van der Waals surface area contributed by atoms with Gasteiger partial charge in [0.15, 0.2) is 18.1 Å². The molecule has 1 N–H and O–H groups in total. The van der Waals surface area contributed by atoms with Gasteiger partial charge in [-0.2, -0.15) is 5.26 Å². The molecule has 2 aromatic carbocycles. The number of non-ortho nitro benzene ring substituents is 1. The number of carbonyl (C=O) groups excluding carboxylic acids is 2. The molecule has 0 unspecified atom stereocenters. The Hall–Kier alpha value is -4.39. The van der Waals surface area contributed by atoms with E-state index in [4.69, 9.17) is 14.2 Å². The third-order valence-electron chi connectivity index (χ3n) is 3.91. The summed E-state index contributed by atoms with van der Waals surface area (Å²) in [5, 5.41) is 22.8. The SMILES string of the molecule is CCOC(=O)COc1ccc(/C=C(\C#N)C(=O)Nc2cccc([N+](=O)[O-])c2)cc1OCC. The molecule has 1 amide bonds. The molecule has 32 heavy (non-hydrogen) atoms. The fraction of sp³-hybridized carbons (Fsp3) is 0.227. The summed E-state index contributed by atoms with van der Waals surface area (Å²) in [5.74, 6) is -0.629. The number of hydrogen-bond acceptors (Lipinski definition) is 8. The van der Waals surface area contributed by atoms with Gasteiger partial charge in [-0.05, 0) is 43.7 Å². The minimum Gasteiger partial charge on any atom is -0.490 e. The van der Waals surface area contributed by atoms with Gasteiger partial charge >= 0.3 is 5.97 Å². The van der Waals surface area contributed by atoms with Gasteiger partial charge < -0.3 is 19.5 Å². The van der Waals surface area contributed by atoms with Crippen molar-refractivity contribution >= 4 is 29.3 Å². The first-order valence-electron chi connectivity index (χ1n) is 9.60. The lowest BCUT2D eigenvalue weighted by atomic mass is 10.1. The summed E-state index contributed by atoms with van der Waals surface area (Å²) < 4.78 is 15.8. The van der Waals surface area contributed by atoms with Crippen molar-refractivity contribution in [3.8, 4) is 17.6 Å². The van der Waals surface area contributed by atoms with Crippen LogP contribution in [0.1, 0.15) is 19.4 Å². The highest BCUT2D eigenvalue weighted by molar-refractivity contribution is 6.09. The average molecular weight is 439 g/mol. The number of esters is 1. The molecule has 0 saturated carbocycles. The third kappa shape index (κ3) is 6.84. The number of amides is 1. The van der Waals surface area contributed by atoms with Gasteiger partial charge in [-0.3, -0.25) is 14.9 Å². The number of hydrogen-bond donors (Lipinski definition) is 1. The predicted molar refractivity (Wildman–Crippen MR) is 115 cm³/mol. The average Bonchev–Trinajstić information content (AvgIpc) is 2.77. The number of nitrogens with one attached hydrogen (secondary N) is 1. The van der Waals surface area contributed by atoms with Gasteiger partial charge in [0.1, 0.15) is 11.6 Å². The van der Waals surface area contributed by atoms with Crippen LogP contribution in [0.3, 0.4) is 0 Å². The molecule has 0 aliphatic heterocycles. The van der Waals surface area contributed by atoms with Gasteiger partial charge in [0, 0.05) is 17.8 Å². The van der Waals surface area contributed by atoms with Crippen LogP contribution >= 0.6 is 0 Å². The maximum atomic E-state index is 12.5. The molecule has 2 rings (SSSR count). The van der Waals surface area contributed by atoms with Crippen LogP contribution < -0.4 is 14.8 Å². The highest BCUT2D eigenvalue weighted by Crippen LogP contribution is 2.29. The summed E-state index contributed by atoms with van der Waals surface area (Å²) in [6, 6.07) is 11.9. The molecule has 0 bridgehead atoms. The fourth-order valence-corrected chi connectivity index (χ4v) is 2.55. The number of benzene rings is 2. The maximum absolute atomic E-state index is 12.5. The van der Waals surface area contributed by atoms with Gasteiger partial charge in [0.25, 0.3) is 11.6 Å². The molecule has 0 fully saturated rings. The van der Waals surface area contributed by atoms with Crippen molar-refractivity contribution in [3.63, 3.8) is 0 Å². The van der Waals surface area contributed by atoms with Crippen molar-refractivity contribution in [3.05, 3.63) is 63.7 Å². The lowest BCUT2D eigenvalue weighted by molar-refractivity contribution is -0.384. The molecule has 10 heteroatoms. The van der Waals surface area contributed by atoms with Crippen LogP contribution in [-0.4, -0.2) is 36.6 Å². The minimum absolute atomic E-state index is 0.183. The van der Waals surface area contributed by atoms with E-state index < -0.39 is 16.8 Å². The van der Waals surface area contributed by atoms with E-state index >= 15 is 0 Å². The van der Waals surface area contributed by atoms with E-state index in [1.807, 2.05) is 6.07 Å². The van der Waals surface area contributed by atoms with Crippen LogP contribution in [0, 0.1) is 21.4 Å². The second kappa shape index (κ2) is 11.7. The third-order valence-corrected chi connectivity index (χ3v) is 3.91. The van der Waals surface area contributed by atoms with E-state index in [0.717, 1.165) is 0 Å². The van der Waals surface area contributed by atoms with Crippen molar-refractivity contribution in [2.24, 2.45) is 0 Å². The number of nitrogens with zero attached hydrogens (tertiary/aromatic N) is 2. The van der Waals surface area contributed by atoms with Crippen LogP contribution in [0.15, 0.2) is 48.0 Å². The lowest BCUT2D eigenvalue weighted by Crippen LogP contribution is -2.15. The monoisotopic (exact) mass is 439 g/mol. The number of anilines is 1. The summed E-state index contributed by atoms with van der Waals surface area (Å²) in [4.78, 5) is 34.3. The molecule has 0 aromatic heterocycles. The maximum Gasteiger partial charge on any atom is 0.344 e. The number of nitro groups is 1. The lowest BCUT2D eigenvalue weighted by Gasteiger charge is -2.12. The molecule has 0 aliphatic carbocycles. The number of ether oxygens (including phenoxy) is 3. The number of nitro benzene ring substituents is 1. The van der Waals surface area contributed by atoms with E-state index in [9.17, 15) is 25.0 Å². The van der Waals surface area contributed by atoms with Crippen LogP contribution in [0.4, 0.5) is 11.4 Å². The molecular formula is C22H21N3O7. The minimum atomic E-state index is -0.728. The first kappa shape index (κ1) is 23.9. The smallest absolute Gasteiger partial charge is 0.344 e. The molecule has 0 saturated heterocycles. The Balaban J connectivity index is 2.21. The second-order valence-electron chi connectivity index (χ2n) is 6.16. The van der Waals surface area contributed by atoms with Crippen molar-refractivity contribution < 1.29 is 28.7 Å². The number of nitriles is 1. The van der Waals surface area contributed by atoms with Gasteiger partial charge in [-0.25, -0.2) is 4.79 Å². The molecule has 0 aliphatic rings. The fourth-order valence-electron chi connectivity index (χ4n) is 2.55. The first-order chi connectivity index (χ1) is 15.4. The summed E-state index contributed by atoms with van der Waals surface area (Å²) in [6.07, 6.45) is 1.34. The van der Waals surface area contributed by atoms with Crippen LogP contribution in [0.2, 0.25) is 0 Å². The Kier molecular flexibility index (Phi) is 8.74. The zero-order valence-electron chi connectivity index (χ0n) is 17.5. The van der Waals surface area contributed by atoms with Gasteiger partial charge in [0.05, 0.1) is 18.1 Å². The van der Waals surface area contributed by atoms with Crippen LogP contribution in [0.25, 0.3) is 6.08 Å². The standard InChI is InChI=1S/C22H21N3O7/c1-3-30-20-11-15(8-9-19(20)32-14-21(26)31-4-2)10-16(13-23)22(27)24-17-6-5-7-18(12-17)25(28)29/h5-12H,3-4,14H2,1-2H3,(H,24,27)/b16-10+. The Bertz CT molecular complexity index is 1070. The van der Waals surface area contributed by atoms with Gasteiger partial charge in [-0.15, -0.1) is 0 Å². The second-order valence-corrected chi connectivity index (χ2v) is 6.16. The Morgan fingerprint density at radius 2 is 1.91 bits per heavy atom. The first-order valence-corrected chi connectivity index (χ1v) is 9.60. The van der Waals surface area contributed by atoms with Gasteiger partial charge in [0.2, 0.25) is 0 Å². The summed E-state index contributed by atoms with van der Waals surface area (Å²) in [7, 11) is 0. The molecule has 0 spiro atoms. The van der Waals surface area contributed by atoms with Crippen LogP contribution in [-0.2, 0) is 14.3 Å².